The zero-order valence-corrected chi connectivity index (χ0v) is 14.5. The van der Waals surface area contributed by atoms with Gasteiger partial charge in [-0.15, -0.1) is 0 Å². The Balaban J connectivity index is 2.08. The minimum Gasteiger partial charge on any atom is -0.303 e. The number of anilines is 1. The van der Waals surface area contributed by atoms with E-state index in [1.807, 2.05) is 26.0 Å². The van der Waals surface area contributed by atoms with Crippen molar-refractivity contribution in [2.45, 2.75) is 38.9 Å². The van der Waals surface area contributed by atoms with E-state index in [9.17, 15) is 18.0 Å². The second-order valence-electron chi connectivity index (χ2n) is 6.17. The first-order valence-electron chi connectivity index (χ1n) is 8.55. The number of hydrogen-bond acceptors (Lipinski definition) is 2. The third-order valence-corrected chi connectivity index (χ3v) is 4.56. The molecule has 0 N–H and O–H groups in total. The maximum Gasteiger partial charge on any atom is 0.416 e. The van der Waals surface area contributed by atoms with Gasteiger partial charge in [-0.3, -0.25) is 4.79 Å². The predicted molar refractivity (Wildman–Crippen MR) is 95.9 cm³/mol. The monoisotopic (exact) mass is 360 g/mol. The fraction of sp³-hybridized carbons (Fsp3) is 0.300. The fourth-order valence-electron chi connectivity index (χ4n) is 3.23. The molecule has 0 unspecified atom stereocenters. The van der Waals surface area contributed by atoms with E-state index in [1.165, 1.54) is 12.1 Å². The van der Waals surface area contributed by atoms with Gasteiger partial charge in [-0.2, -0.15) is 13.2 Å². The highest BCUT2D eigenvalue weighted by Gasteiger charge is 2.37. The Labute approximate surface area is 150 Å². The molecule has 0 atom stereocenters. The number of aliphatic imine (C=N–C) groups is 1. The molecule has 0 spiro atoms. The molecule has 0 fully saturated rings. The molecule has 2 aromatic rings. The van der Waals surface area contributed by atoms with E-state index in [-0.39, 0.29) is 23.3 Å². The first-order chi connectivity index (χ1) is 12.4. The van der Waals surface area contributed by atoms with Crippen LogP contribution in [0, 0.1) is 0 Å². The van der Waals surface area contributed by atoms with E-state index in [2.05, 4.69) is 4.99 Å². The Bertz CT molecular complexity index is 854. The molecule has 3 rings (SSSR count). The van der Waals surface area contributed by atoms with Crippen molar-refractivity contribution in [3.8, 4) is 0 Å². The van der Waals surface area contributed by atoms with Crippen molar-refractivity contribution in [1.82, 2.24) is 0 Å². The van der Waals surface area contributed by atoms with Crippen LogP contribution in [0.25, 0.3) is 0 Å². The van der Waals surface area contributed by atoms with Crippen LogP contribution in [0.15, 0.2) is 53.5 Å². The van der Waals surface area contributed by atoms with Crippen LogP contribution in [0.4, 0.5) is 24.5 Å². The highest BCUT2D eigenvalue weighted by molar-refractivity contribution is 6.54. The standard InChI is InChI=1S/C20H19F3N2O/c1-3-15(4-2)25-17-11-6-5-10-16(17)18(19(25)26)24-14-9-7-8-13(12-14)20(21,22)23/h5-12,15H,3-4H2,1-2H3. The molecule has 136 valence electrons. The van der Waals surface area contributed by atoms with E-state index >= 15 is 0 Å². The van der Waals surface area contributed by atoms with Crippen LogP contribution < -0.4 is 4.90 Å². The summed E-state index contributed by atoms with van der Waals surface area (Å²) in [6, 6.07) is 12.0. The Hall–Kier alpha value is -2.63. The molecular weight excluding hydrogens is 341 g/mol. The lowest BCUT2D eigenvalue weighted by Crippen LogP contribution is -2.39. The smallest absolute Gasteiger partial charge is 0.303 e. The third-order valence-electron chi connectivity index (χ3n) is 4.56. The molecule has 0 bridgehead atoms. The topological polar surface area (TPSA) is 32.7 Å². The summed E-state index contributed by atoms with van der Waals surface area (Å²) in [6.07, 6.45) is -2.88. The number of carbonyl (C=O) groups is 1. The van der Waals surface area contributed by atoms with Gasteiger partial charge < -0.3 is 4.90 Å². The van der Waals surface area contributed by atoms with E-state index < -0.39 is 11.7 Å². The number of benzene rings is 2. The van der Waals surface area contributed by atoms with Crippen molar-refractivity contribution in [2.75, 3.05) is 4.90 Å². The number of amides is 1. The van der Waals surface area contributed by atoms with Gasteiger partial charge in [-0.1, -0.05) is 38.1 Å². The molecule has 1 aliphatic heterocycles. The van der Waals surface area contributed by atoms with Crippen LogP contribution in [0.2, 0.25) is 0 Å². The van der Waals surface area contributed by atoms with Crippen molar-refractivity contribution < 1.29 is 18.0 Å². The molecular formula is C20H19F3N2O. The van der Waals surface area contributed by atoms with Crippen LogP contribution >= 0.6 is 0 Å². The average Bonchev–Trinajstić information content (AvgIpc) is 2.89. The lowest BCUT2D eigenvalue weighted by Gasteiger charge is -2.26. The Kier molecular flexibility index (Phi) is 4.85. The fourth-order valence-corrected chi connectivity index (χ4v) is 3.23. The second-order valence-corrected chi connectivity index (χ2v) is 6.17. The number of fused-ring (bicyclic) bond motifs is 1. The lowest BCUT2D eigenvalue weighted by atomic mass is 10.1. The zero-order chi connectivity index (χ0) is 18.9. The van der Waals surface area contributed by atoms with Gasteiger partial charge in [0.2, 0.25) is 0 Å². The number of halogens is 3. The first-order valence-corrected chi connectivity index (χ1v) is 8.55. The van der Waals surface area contributed by atoms with E-state index in [0.29, 0.717) is 5.56 Å². The SMILES string of the molecule is CCC(CC)N1C(=O)C(=Nc2cccc(C(F)(F)F)c2)c2ccccc21. The van der Waals surface area contributed by atoms with Crippen LogP contribution in [0.3, 0.4) is 0 Å². The van der Waals surface area contributed by atoms with Crippen molar-refractivity contribution in [3.63, 3.8) is 0 Å². The van der Waals surface area contributed by atoms with Crippen LogP contribution in [-0.4, -0.2) is 17.7 Å². The van der Waals surface area contributed by atoms with Gasteiger partial charge in [-0.05, 0) is 37.1 Å². The molecule has 0 saturated heterocycles. The van der Waals surface area contributed by atoms with Gasteiger partial charge >= 0.3 is 6.18 Å². The predicted octanol–water partition coefficient (Wildman–Crippen LogP) is 5.36. The quantitative estimate of drug-likeness (QED) is 0.722. The second kappa shape index (κ2) is 6.94. The van der Waals surface area contributed by atoms with Crippen molar-refractivity contribution >= 4 is 23.0 Å². The Morgan fingerprint density at radius 3 is 2.38 bits per heavy atom. The van der Waals surface area contributed by atoms with Gasteiger partial charge in [0, 0.05) is 11.6 Å². The highest BCUT2D eigenvalue weighted by atomic mass is 19.4. The minimum absolute atomic E-state index is 0.0258. The van der Waals surface area contributed by atoms with Crippen LogP contribution in [-0.2, 0) is 11.0 Å². The minimum atomic E-state index is -4.45. The van der Waals surface area contributed by atoms with E-state index in [1.54, 1.807) is 17.0 Å². The van der Waals surface area contributed by atoms with E-state index in [4.69, 9.17) is 0 Å². The lowest BCUT2D eigenvalue weighted by molar-refractivity contribution is -0.137. The highest BCUT2D eigenvalue weighted by Crippen LogP contribution is 2.35. The number of para-hydroxylation sites is 1. The average molecular weight is 360 g/mol. The first kappa shape index (κ1) is 18.2. The van der Waals surface area contributed by atoms with Crippen LogP contribution in [0.5, 0.6) is 0 Å². The molecule has 0 radical (unpaired) electrons. The molecule has 1 aliphatic rings. The van der Waals surface area contributed by atoms with Gasteiger partial charge in [-0.25, -0.2) is 4.99 Å². The summed E-state index contributed by atoms with van der Waals surface area (Å²) in [5, 5.41) is 0. The van der Waals surface area contributed by atoms with Crippen molar-refractivity contribution in [3.05, 3.63) is 59.7 Å². The van der Waals surface area contributed by atoms with Gasteiger partial charge in [0.25, 0.3) is 5.91 Å². The van der Waals surface area contributed by atoms with Crippen molar-refractivity contribution in [2.24, 2.45) is 4.99 Å². The summed E-state index contributed by atoms with van der Waals surface area (Å²) in [7, 11) is 0. The van der Waals surface area contributed by atoms with Crippen molar-refractivity contribution in [1.29, 1.82) is 0 Å². The molecule has 3 nitrogen and oxygen atoms in total. The summed E-state index contributed by atoms with van der Waals surface area (Å²) < 4.78 is 38.8. The number of rotatable bonds is 4. The third kappa shape index (κ3) is 3.23. The Morgan fingerprint density at radius 1 is 1.04 bits per heavy atom. The maximum absolute atomic E-state index is 13.0. The summed E-state index contributed by atoms with van der Waals surface area (Å²) in [4.78, 5) is 19.0. The molecule has 0 aliphatic carbocycles. The van der Waals surface area contributed by atoms with Gasteiger partial charge in [0.05, 0.1) is 16.9 Å². The summed E-state index contributed by atoms with van der Waals surface area (Å²) in [6.45, 7) is 4.01. The Morgan fingerprint density at radius 2 is 1.73 bits per heavy atom. The summed E-state index contributed by atoms with van der Waals surface area (Å²) in [5.41, 5.74) is 0.935. The molecule has 1 heterocycles. The molecule has 26 heavy (non-hydrogen) atoms. The number of alkyl halides is 3. The molecule has 6 heteroatoms. The molecule has 0 aromatic heterocycles. The van der Waals surface area contributed by atoms with Gasteiger partial charge in [0.1, 0.15) is 5.71 Å². The maximum atomic E-state index is 13.0. The largest absolute Gasteiger partial charge is 0.416 e. The molecule has 0 saturated carbocycles. The van der Waals surface area contributed by atoms with E-state index in [0.717, 1.165) is 30.7 Å². The molecule has 2 aromatic carbocycles. The van der Waals surface area contributed by atoms with Crippen LogP contribution in [0.1, 0.15) is 37.8 Å². The number of nitrogens with zero attached hydrogens (tertiary/aromatic N) is 2. The summed E-state index contributed by atoms with van der Waals surface area (Å²) in [5.74, 6) is -0.266. The number of carbonyl (C=O) groups excluding carboxylic acids is 1. The summed E-state index contributed by atoms with van der Waals surface area (Å²) >= 11 is 0. The molecule has 1 amide bonds. The zero-order valence-electron chi connectivity index (χ0n) is 14.5. The number of hydrogen-bond donors (Lipinski definition) is 0. The normalized spacial score (nSPS) is 15.8. The van der Waals surface area contributed by atoms with Gasteiger partial charge in [0.15, 0.2) is 0 Å².